The number of pyridine rings is 1. The van der Waals surface area contributed by atoms with Crippen LogP contribution in [0.5, 0.6) is 11.5 Å². The number of carbonyl (C=O) groups is 1. The van der Waals surface area contributed by atoms with Gasteiger partial charge in [-0.25, -0.2) is 13.4 Å². The number of amides is 1. The van der Waals surface area contributed by atoms with E-state index in [0.29, 0.717) is 0 Å². The molecule has 3 N–H and O–H groups in total. The van der Waals surface area contributed by atoms with Crippen molar-refractivity contribution in [2.45, 2.75) is 15.4 Å². The molecule has 13 heteroatoms. The van der Waals surface area contributed by atoms with Gasteiger partial charge in [0.15, 0.2) is 0 Å². The molecule has 2 aromatic carbocycles. The molecule has 0 fully saturated rings. The number of rotatable bonds is 7. The molecular weight excluding hydrogens is 483 g/mol. The Morgan fingerprint density at radius 3 is 2.52 bits per heavy atom. The average Bonchev–Trinajstić information content (AvgIpc) is 2.74. The van der Waals surface area contributed by atoms with Crippen molar-refractivity contribution in [1.82, 2.24) is 4.98 Å². The fourth-order valence-electron chi connectivity index (χ4n) is 2.66. The number of para-hydroxylation sites is 2. The Balaban J connectivity index is 1.89. The molecule has 0 aliphatic carbocycles. The molecule has 3 aromatic rings. The zero-order valence-electron chi connectivity index (χ0n) is 16.8. The van der Waals surface area contributed by atoms with E-state index < -0.39 is 49.5 Å². The highest BCUT2D eigenvalue weighted by Gasteiger charge is 2.32. The van der Waals surface area contributed by atoms with E-state index in [1.165, 1.54) is 19.2 Å². The minimum absolute atomic E-state index is 0.155. The summed E-state index contributed by atoms with van der Waals surface area (Å²) in [6.07, 6.45) is 1.10. The maximum atomic E-state index is 12.8. The van der Waals surface area contributed by atoms with Crippen molar-refractivity contribution in [2.24, 2.45) is 0 Å². The third-order valence-electron chi connectivity index (χ3n) is 4.11. The van der Waals surface area contributed by atoms with Crippen LogP contribution in [0.25, 0.3) is 0 Å². The predicted octanol–water partition coefficient (Wildman–Crippen LogP) is 4.46. The van der Waals surface area contributed by atoms with Crippen molar-refractivity contribution >= 4 is 39.1 Å². The van der Waals surface area contributed by atoms with Crippen LogP contribution in [0.3, 0.4) is 0 Å². The smallest absolute Gasteiger partial charge is 0.447 e. The highest BCUT2D eigenvalue weighted by Crippen LogP contribution is 2.38. The molecule has 174 valence electrons. The molecule has 0 unspecified atom stereocenters. The predicted molar refractivity (Wildman–Crippen MR) is 116 cm³/mol. The van der Waals surface area contributed by atoms with Crippen LogP contribution in [0.1, 0.15) is 10.4 Å². The number of hydrogen-bond donors (Lipinski definition) is 3. The lowest BCUT2D eigenvalue weighted by molar-refractivity contribution is -0.0329. The number of hydrogen-bond acceptors (Lipinski definition) is 7. The van der Waals surface area contributed by atoms with Crippen LogP contribution in [0.4, 0.5) is 24.5 Å². The Morgan fingerprint density at radius 2 is 1.82 bits per heavy atom. The Morgan fingerprint density at radius 1 is 1.09 bits per heavy atom. The zero-order valence-corrected chi connectivity index (χ0v) is 18.4. The van der Waals surface area contributed by atoms with Crippen molar-refractivity contribution < 1.29 is 36.2 Å². The maximum absolute atomic E-state index is 12.8. The molecule has 0 bridgehead atoms. The second-order valence-electron chi connectivity index (χ2n) is 6.34. The van der Waals surface area contributed by atoms with Gasteiger partial charge in [-0.3, -0.25) is 9.52 Å². The van der Waals surface area contributed by atoms with Crippen molar-refractivity contribution in [3.63, 3.8) is 0 Å². The van der Waals surface area contributed by atoms with Gasteiger partial charge in [-0.15, -0.1) is 0 Å². The van der Waals surface area contributed by atoms with Crippen LogP contribution >= 0.6 is 11.8 Å². The summed E-state index contributed by atoms with van der Waals surface area (Å²) in [6, 6.07) is 11.7. The largest absolute Gasteiger partial charge is 0.506 e. The third kappa shape index (κ3) is 6.08. The van der Waals surface area contributed by atoms with Gasteiger partial charge in [0.25, 0.3) is 15.9 Å². The van der Waals surface area contributed by atoms with Crippen molar-refractivity contribution in [3.8, 4) is 11.5 Å². The van der Waals surface area contributed by atoms with Gasteiger partial charge in [0.1, 0.15) is 16.5 Å². The van der Waals surface area contributed by atoms with Crippen LogP contribution in [0.15, 0.2) is 70.7 Å². The molecule has 0 saturated heterocycles. The van der Waals surface area contributed by atoms with Crippen LogP contribution in [-0.2, 0) is 10.0 Å². The van der Waals surface area contributed by atoms with E-state index in [1.807, 2.05) is 0 Å². The van der Waals surface area contributed by atoms with Crippen molar-refractivity contribution in [2.75, 3.05) is 17.1 Å². The SMILES string of the molecule is COc1ccccc1NS(=O)(=O)c1ccc(O)c(NC(=O)c2cccnc2SC(F)(F)F)c1. The molecule has 0 aliphatic heterocycles. The molecule has 0 spiro atoms. The molecule has 1 aromatic heterocycles. The van der Waals surface area contributed by atoms with E-state index in [0.717, 1.165) is 30.5 Å². The molecule has 1 heterocycles. The normalized spacial score (nSPS) is 11.6. The minimum Gasteiger partial charge on any atom is -0.506 e. The number of aromatic hydroxyl groups is 1. The third-order valence-corrected chi connectivity index (χ3v) is 6.22. The highest BCUT2D eigenvalue weighted by atomic mass is 32.2. The monoisotopic (exact) mass is 499 g/mol. The summed E-state index contributed by atoms with van der Waals surface area (Å²) in [6.45, 7) is 0. The number of methoxy groups -OCH3 is 1. The number of benzene rings is 2. The molecule has 0 radical (unpaired) electrons. The maximum Gasteiger partial charge on any atom is 0.447 e. The van der Waals surface area contributed by atoms with E-state index >= 15 is 0 Å². The van der Waals surface area contributed by atoms with Gasteiger partial charge in [-0.2, -0.15) is 13.2 Å². The number of alkyl halides is 3. The molecule has 1 amide bonds. The average molecular weight is 499 g/mol. The van der Waals surface area contributed by atoms with Crippen LogP contribution in [-0.4, -0.2) is 37.0 Å². The van der Waals surface area contributed by atoms with Crippen LogP contribution in [0.2, 0.25) is 0 Å². The lowest BCUT2D eigenvalue weighted by Gasteiger charge is -2.14. The fraction of sp³-hybridized carbons (Fsp3) is 0.100. The molecule has 8 nitrogen and oxygen atoms in total. The van der Waals surface area contributed by atoms with Crippen molar-refractivity contribution in [1.29, 1.82) is 0 Å². The van der Waals surface area contributed by atoms with Gasteiger partial charge in [0.05, 0.1) is 28.9 Å². The number of carbonyl (C=O) groups excluding carboxylic acids is 1. The Labute approximate surface area is 190 Å². The number of anilines is 2. The number of halogens is 3. The van der Waals surface area contributed by atoms with Gasteiger partial charge in [0, 0.05) is 18.0 Å². The summed E-state index contributed by atoms with van der Waals surface area (Å²) in [5.74, 6) is -1.24. The Hall–Kier alpha value is -3.45. The lowest BCUT2D eigenvalue weighted by Crippen LogP contribution is -2.17. The molecule has 0 aliphatic rings. The van der Waals surface area contributed by atoms with E-state index in [2.05, 4.69) is 15.0 Å². The number of nitrogens with one attached hydrogen (secondary N) is 2. The fourth-order valence-corrected chi connectivity index (χ4v) is 4.36. The molecule has 0 saturated carbocycles. The van der Waals surface area contributed by atoms with E-state index in [-0.39, 0.29) is 22.0 Å². The molecular formula is C20H16F3N3O5S2. The van der Waals surface area contributed by atoms with Crippen LogP contribution < -0.4 is 14.8 Å². The summed E-state index contributed by atoms with van der Waals surface area (Å²) >= 11 is -0.570. The quantitative estimate of drug-likeness (QED) is 0.325. The van der Waals surface area contributed by atoms with E-state index in [9.17, 15) is 31.5 Å². The van der Waals surface area contributed by atoms with E-state index in [1.54, 1.807) is 18.2 Å². The van der Waals surface area contributed by atoms with Crippen molar-refractivity contribution in [3.05, 3.63) is 66.4 Å². The van der Waals surface area contributed by atoms with Gasteiger partial charge in [-0.05, 0) is 42.5 Å². The van der Waals surface area contributed by atoms with Gasteiger partial charge in [-0.1, -0.05) is 12.1 Å². The topological polar surface area (TPSA) is 118 Å². The second kappa shape index (κ2) is 9.58. The minimum atomic E-state index is -4.68. The number of ether oxygens (including phenoxy) is 1. The number of nitrogens with zero attached hydrogens (tertiary/aromatic N) is 1. The van der Waals surface area contributed by atoms with Crippen LogP contribution in [0, 0.1) is 0 Å². The number of phenols is 1. The van der Waals surface area contributed by atoms with Gasteiger partial charge >= 0.3 is 5.51 Å². The number of sulfonamides is 1. The standard InChI is InChI=1S/C20H16F3N3O5S2/c1-31-17-7-3-2-6-14(17)26-33(29,30)12-8-9-16(27)15(11-12)25-18(28)13-5-4-10-24-19(13)32-20(21,22)23/h2-11,26-27H,1H3,(H,25,28). The first kappa shape index (κ1) is 24.2. The summed E-state index contributed by atoms with van der Waals surface area (Å²) in [5.41, 5.74) is -5.25. The van der Waals surface area contributed by atoms with Gasteiger partial charge < -0.3 is 15.2 Å². The van der Waals surface area contributed by atoms with Gasteiger partial charge in [0.2, 0.25) is 0 Å². The number of phenolic OH excluding ortho intramolecular Hbond substituents is 1. The summed E-state index contributed by atoms with van der Waals surface area (Å²) in [7, 11) is -2.81. The number of aromatic nitrogens is 1. The molecule has 33 heavy (non-hydrogen) atoms. The second-order valence-corrected chi connectivity index (χ2v) is 9.08. The summed E-state index contributed by atoms with van der Waals surface area (Å²) in [4.78, 5) is 15.8. The molecule has 0 atom stereocenters. The summed E-state index contributed by atoms with van der Waals surface area (Å²) < 4.78 is 71.3. The lowest BCUT2D eigenvalue weighted by atomic mass is 10.2. The highest BCUT2D eigenvalue weighted by molar-refractivity contribution is 8.00. The van der Waals surface area contributed by atoms with E-state index in [4.69, 9.17) is 4.74 Å². The number of thioether (sulfide) groups is 1. The first-order valence-corrected chi connectivity index (χ1v) is 11.3. The summed E-state index contributed by atoms with van der Waals surface area (Å²) in [5, 5.41) is 11.7. The Bertz CT molecular complexity index is 1280. The Kier molecular flexibility index (Phi) is 7.03. The molecule has 3 rings (SSSR count). The zero-order chi connectivity index (χ0) is 24.2. The first-order chi connectivity index (χ1) is 15.5. The first-order valence-electron chi connectivity index (χ1n) is 9.01.